The van der Waals surface area contributed by atoms with Gasteiger partial charge in [0.15, 0.2) is 5.69 Å². The van der Waals surface area contributed by atoms with E-state index in [2.05, 4.69) is 5.10 Å². The maximum absolute atomic E-state index is 12.8. The molecule has 1 N–H and O–H groups in total. The van der Waals surface area contributed by atoms with Crippen LogP contribution in [-0.4, -0.2) is 41.0 Å². The summed E-state index contributed by atoms with van der Waals surface area (Å²) in [5.41, 5.74) is 1.63. The number of nitrogens with zero attached hydrogens (tertiary/aromatic N) is 3. The molecule has 1 heterocycles. The fraction of sp³-hybridized carbons (Fsp3) is 0.148. The van der Waals surface area contributed by atoms with Gasteiger partial charge in [0.1, 0.15) is 0 Å². The largest absolute Gasteiger partial charge is 0.462 e. The molecule has 3 aromatic carbocycles. The van der Waals surface area contributed by atoms with Crippen molar-refractivity contribution in [3.63, 3.8) is 0 Å². The Morgan fingerprint density at radius 1 is 1.09 bits per heavy atom. The van der Waals surface area contributed by atoms with Crippen molar-refractivity contribution in [3.8, 4) is 5.69 Å². The number of carbonyl (C=O) groups is 1. The quantitative estimate of drug-likeness (QED) is 0.210. The molecule has 0 aliphatic rings. The fourth-order valence-electron chi connectivity index (χ4n) is 3.57. The van der Waals surface area contributed by atoms with E-state index in [-0.39, 0.29) is 36.1 Å². The van der Waals surface area contributed by atoms with Crippen molar-refractivity contribution in [2.24, 2.45) is 4.99 Å². The van der Waals surface area contributed by atoms with Crippen molar-refractivity contribution >= 4 is 34.4 Å². The Balaban J connectivity index is 1.73. The lowest BCUT2D eigenvalue weighted by atomic mass is 10.1. The van der Waals surface area contributed by atoms with Crippen LogP contribution in [-0.2, 0) is 4.74 Å². The topological polar surface area (TPSA) is 97.4 Å². The number of ether oxygens (including phenoxy) is 1. The van der Waals surface area contributed by atoms with Gasteiger partial charge in [0, 0.05) is 36.7 Å². The molecule has 8 heteroatoms. The number of aromatic nitrogens is 2. The molecule has 0 atom stereocenters. The van der Waals surface area contributed by atoms with Gasteiger partial charge in [-0.05, 0) is 29.7 Å². The first-order valence-corrected chi connectivity index (χ1v) is 11.1. The molecule has 0 unspecified atom stereocenters. The molecule has 7 nitrogen and oxygen atoms in total. The van der Waals surface area contributed by atoms with Gasteiger partial charge in [0.2, 0.25) is 5.43 Å². The van der Waals surface area contributed by atoms with E-state index < -0.39 is 12.6 Å². The molecule has 0 amide bonds. The molecule has 1 aromatic heterocycles. The van der Waals surface area contributed by atoms with E-state index >= 15 is 0 Å². The molecule has 35 heavy (non-hydrogen) atoms. The lowest BCUT2D eigenvalue weighted by molar-refractivity contribution is 0.0494. The molecule has 0 aliphatic heterocycles. The second-order valence-electron chi connectivity index (χ2n) is 7.67. The van der Waals surface area contributed by atoms with Gasteiger partial charge in [-0.3, -0.25) is 9.18 Å². The SMILES string of the molecule is N=CCC(=Nc1cccc2ccccc12)c1nn(-c2cccc(C(=O)OCCCF)c2)ccc1=O. The minimum Gasteiger partial charge on any atom is -0.462 e. The third-order valence-corrected chi connectivity index (χ3v) is 5.26. The van der Waals surface area contributed by atoms with Crippen LogP contribution in [0, 0.1) is 5.41 Å². The summed E-state index contributed by atoms with van der Waals surface area (Å²) < 4.78 is 18.8. The number of hydrogen-bond acceptors (Lipinski definition) is 6. The fourth-order valence-corrected chi connectivity index (χ4v) is 3.57. The molecular weight excluding hydrogens is 447 g/mol. The summed E-state index contributed by atoms with van der Waals surface area (Å²) in [6.45, 7) is -0.562. The lowest BCUT2D eigenvalue weighted by Crippen LogP contribution is -2.21. The summed E-state index contributed by atoms with van der Waals surface area (Å²) in [6.07, 6.45) is 2.94. The standard InChI is InChI=1S/C27H23FN4O3/c28-14-5-17-35-27(34)20-8-3-9-21(18-20)32-16-13-25(33)26(31-32)24(12-15-29)30-23-11-4-7-19-6-1-2-10-22(19)23/h1-4,6-11,13,15-16,18,29H,5,12,14,17H2. The van der Waals surface area contributed by atoms with Gasteiger partial charge in [-0.25, -0.2) is 14.5 Å². The van der Waals surface area contributed by atoms with Gasteiger partial charge >= 0.3 is 5.97 Å². The Bertz CT molecular complexity index is 1460. The van der Waals surface area contributed by atoms with Crippen LogP contribution in [0.15, 0.2) is 88.8 Å². The number of hydrogen-bond donors (Lipinski definition) is 1. The molecule has 0 spiro atoms. The van der Waals surface area contributed by atoms with E-state index in [1.54, 1.807) is 24.3 Å². The average Bonchev–Trinajstić information content (AvgIpc) is 2.89. The second-order valence-corrected chi connectivity index (χ2v) is 7.67. The number of halogens is 1. The van der Waals surface area contributed by atoms with Gasteiger partial charge < -0.3 is 10.1 Å². The smallest absolute Gasteiger partial charge is 0.338 e. The molecule has 4 aromatic rings. The Labute approximate surface area is 201 Å². The van der Waals surface area contributed by atoms with Crippen LogP contribution in [0.4, 0.5) is 10.1 Å². The van der Waals surface area contributed by atoms with Crippen LogP contribution in [0.25, 0.3) is 16.5 Å². The molecule has 0 saturated carbocycles. The van der Waals surface area contributed by atoms with Crippen LogP contribution in [0.1, 0.15) is 28.9 Å². The number of aliphatic imine (C=N–C) groups is 1. The Morgan fingerprint density at radius 2 is 1.89 bits per heavy atom. The Kier molecular flexibility index (Phi) is 7.52. The number of fused-ring (bicyclic) bond motifs is 1. The van der Waals surface area contributed by atoms with Crippen molar-refractivity contribution in [3.05, 3.63) is 100 Å². The summed E-state index contributed by atoms with van der Waals surface area (Å²) >= 11 is 0. The molecule has 0 aliphatic carbocycles. The van der Waals surface area contributed by atoms with E-state index in [9.17, 15) is 14.0 Å². The number of nitrogens with one attached hydrogen (secondary N) is 1. The maximum atomic E-state index is 12.8. The number of carbonyl (C=O) groups excluding carboxylic acids is 1. The van der Waals surface area contributed by atoms with Crippen LogP contribution >= 0.6 is 0 Å². The highest BCUT2D eigenvalue weighted by molar-refractivity contribution is 6.08. The van der Waals surface area contributed by atoms with Crippen LogP contribution in [0.3, 0.4) is 0 Å². The monoisotopic (exact) mass is 470 g/mol. The van der Waals surface area contributed by atoms with Gasteiger partial charge in [-0.15, -0.1) is 0 Å². The number of rotatable bonds is 9. The van der Waals surface area contributed by atoms with E-state index in [0.29, 0.717) is 17.1 Å². The van der Waals surface area contributed by atoms with Gasteiger partial charge in [-0.1, -0.05) is 42.5 Å². The molecule has 4 rings (SSSR count). The summed E-state index contributed by atoms with van der Waals surface area (Å²) in [4.78, 5) is 29.7. The lowest BCUT2D eigenvalue weighted by Gasteiger charge is -2.10. The predicted octanol–water partition coefficient (Wildman–Crippen LogP) is 5.06. The Hall–Kier alpha value is -4.46. The molecule has 0 fully saturated rings. The minimum atomic E-state index is -0.566. The number of esters is 1. The number of alkyl halides is 1. The van der Waals surface area contributed by atoms with Crippen LogP contribution < -0.4 is 5.43 Å². The van der Waals surface area contributed by atoms with E-state index in [4.69, 9.17) is 15.1 Å². The Morgan fingerprint density at radius 3 is 2.71 bits per heavy atom. The van der Waals surface area contributed by atoms with E-state index in [0.717, 1.165) is 10.8 Å². The van der Waals surface area contributed by atoms with Crippen molar-refractivity contribution in [1.29, 1.82) is 5.41 Å². The van der Waals surface area contributed by atoms with Crippen LogP contribution in [0.5, 0.6) is 0 Å². The zero-order chi connectivity index (χ0) is 24.6. The molecule has 0 bridgehead atoms. The first-order chi connectivity index (χ1) is 17.1. The minimum absolute atomic E-state index is 0.00238. The summed E-state index contributed by atoms with van der Waals surface area (Å²) in [5, 5.41) is 14.0. The summed E-state index contributed by atoms with van der Waals surface area (Å²) in [6, 6.07) is 21.5. The van der Waals surface area contributed by atoms with Crippen LogP contribution in [0.2, 0.25) is 0 Å². The maximum Gasteiger partial charge on any atom is 0.338 e. The molecule has 0 saturated heterocycles. The molecule has 176 valence electrons. The average molecular weight is 471 g/mol. The highest BCUT2D eigenvalue weighted by atomic mass is 19.1. The first-order valence-electron chi connectivity index (χ1n) is 11.1. The normalized spacial score (nSPS) is 11.4. The second kappa shape index (κ2) is 11.1. The van der Waals surface area contributed by atoms with Crippen molar-refractivity contribution in [2.45, 2.75) is 12.8 Å². The summed E-state index contributed by atoms with van der Waals surface area (Å²) in [7, 11) is 0. The summed E-state index contributed by atoms with van der Waals surface area (Å²) in [5.74, 6) is -0.566. The molecular formula is C27H23FN4O3. The highest BCUT2D eigenvalue weighted by Gasteiger charge is 2.14. The number of benzene rings is 3. The van der Waals surface area contributed by atoms with E-state index in [1.165, 1.54) is 23.2 Å². The predicted molar refractivity (Wildman–Crippen MR) is 134 cm³/mol. The van der Waals surface area contributed by atoms with Gasteiger partial charge in [-0.2, -0.15) is 5.10 Å². The third kappa shape index (κ3) is 5.55. The van der Waals surface area contributed by atoms with Crippen molar-refractivity contribution in [2.75, 3.05) is 13.3 Å². The van der Waals surface area contributed by atoms with Gasteiger partial charge in [0.05, 0.1) is 35.9 Å². The zero-order valence-electron chi connectivity index (χ0n) is 18.9. The van der Waals surface area contributed by atoms with E-state index in [1.807, 2.05) is 42.5 Å². The first kappa shape index (κ1) is 23.7. The van der Waals surface area contributed by atoms with Crippen molar-refractivity contribution < 1.29 is 13.9 Å². The zero-order valence-corrected chi connectivity index (χ0v) is 18.9. The van der Waals surface area contributed by atoms with Crippen molar-refractivity contribution in [1.82, 2.24) is 9.78 Å². The highest BCUT2D eigenvalue weighted by Crippen LogP contribution is 2.26. The molecule has 0 radical (unpaired) electrons. The van der Waals surface area contributed by atoms with Gasteiger partial charge in [0.25, 0.3) is 0 Å². The third-order valence-electron chi connectivity index (χ3n) is 5.26.